The fourth-order valence-corrected chi connectivity index (χ4v) is 2.51. The maximum Gasteiger partial charge on any atom is 0.416 e. The first-order valence-electron chi connectivity index (χ1n) is 8.31. The second kappa shape index (κ2) is 8.05. The van der Waals surface area contributed by atoms with Gasteiger partial charge in [0.1, 0.15) is 11.5 Å². The van der Waals surface area contributed by atoms with E-state index in [2.05, 4.69) is 5.32 Å². The van der Waals surface area contributed by atoms with Gasteiger partial charge in [-0.15, -0.1) is 0 Å². The molecule has 0 radical (unpaired) electrons. The van der Waals surface area contributed by atoms with Crippen LogP contribution in [-0.4, -0.2) is 11.9 Å². The Morgan fingerprint density at radius 3 is 2.34 bits per heavy atom. The van der Waals surface area contributed by atoms with Crippen molar-refractivity contribution in [2.45, 2.75) is 6.18 Å². The van der Waals surface area contributed by atoms with Crippen molar-refractivity contribution in [3.8, 4) is 11.3 Å². The SMILES string of the molecule is O=C([O-])/C(=C\c1ccc(-c2cccc(C(F)(F)F)c2)o1)NC(=O)c1ccccc1. The van der Waals surface area contributed by atoms with E-state index in [1.54, 1.807) is 18.2 Å². The number of amides is 1. The largest absolute Gasteiger partial charge is 0.543 e. The molecule has 0 bridgehead atoms. The minimum atomic E-state index is -4.50. The van der Waals surface area contributed by atoms with Crippen molar-refractivity contribution in [3.05, 3.63) is 89.3 Å². The average molecular weight is 400 g/mol. The molecule has 2 aromatic carbocycles. The molecule has 1 N–H and O–H groups in total. The summed E-state index contributed by atoms with van der Waals surface area (Å²) in [6.07, 6.45) is -3.48. The van der Waals surface area contributed by atoms with E-state index in [0.717, 1.165) is 18.2 Å². The Balaban J connectivity index is 1.85. The van der Waals surface area contributed by atoms with Crippen LogP contribution in [0.2, 0.25) is 0 Å². The molecule has 5 nitrogen and oxygen atoms in total. The highest BCUT2D eigenvalue weighted by atomic mass is 19.4. The van der Waals surface area contributed by atoms with Crippen LogP contribution in [0.15, 0.2) is 76.8 Å². The number of hydrogen-bond donors (Lipinski definition) is 1. The van der Waals surface area contributed by atoms with E-state index < -0.39 is 29.3 Å². The zero-order valence-corrected chi connectivity index (χ0v) is 14.7. The maximum atomic E-state index is 12.9. The van der Waals surface area contributed by atoms with Gasteiger partial charge in [0, 0.05) is 17.2 Å². The number of carbonyl (C=O) groups excluding carboxylic acids is 2. The van der Waals surface area contributed by atoms with Gasteiger partial charge in [-0.3, -0.25) is 4.79 Å². The molecule has 0 aliphatic rings. The molecule has 0 saturated carbocycles. The molecule has 1 heterocycles. The van der Waals surface area contributed by atoms with Crippen LogP contribution in [0.25, 0.3) is 17.4 Å². The molecule has 0 fully saturated rings. The summed E-state index contributed by atoms with van der Waals surface area (Å²) in [6.45, 7) is 0. The quantitative estimate of drug-likeness (QED) is 0.665. The number of aliphatic carboxylic acids is 1. The Kier molecular flexibility index (Phi) is 5.54. The molecule has 0 unspecified atom stereocenters. The van der Waals surface area contributed by atoms with Gasteiger partial charge >= 0.3 is 6.18 Å². The van der Waals surface area contributed by atoms with Gasteiger partial charge in [-0.2, -0.15) is 13.2 Å². The molecule has 0 aliphatic carbocycles. The van der Waals surface area contributed by atoms with Gasteiger partial charge in [-0.25, -0.2) is 0 Å². The molecule has 8 heteroatoms. The van der Waals surface area contributed by atoms with Gasteiger partial charge in [-0.05, 0) is 36.4 Å². The number of carboxylic acid groups (broad SMARTS) is 1. The van der Waals surface area contributed by atoms with E-state index in [1.165, 1.54) is 36.4 Å². The van der Waals surface area contributed by atoms with E-state index in [0.29, 0.717) is 0 Å². The fourth-order valence-electron chi connectivity index (χ4n) is 2.51. The van der Waals surface area contributed by atoms with E-state index in [1.807, 2.05) is 0 Å². The molecule has 29 heavy (non-hydrogen) atoms. The van der Waals surface area contributed by atoms with Gasteiger partial charge in [0.2, 0.25) is 0 Å². The molecule has 0 atom stereocenters. The number of nitrogens with one attached hydrogen (secondary N) is 1. The predicted octanol–water partition coefficient (Wildman–Crippen LogP) is 3.49. The molecule has 0 saturated heterocycles. The Morgan fingerprint density at radius 1 is 0.966 bits per heavy atom. The number of carbonyl (C=O) groups is 2. The van der Waals surface area contributed by atoms with Crippen LogP contribution in [0.1, 0.15) is 21.7 Å². The summed E-state index contributed by atoms with van der Waals surface area (Å²) in [5.74, 6) is -2.18. The maximum absolute atomic E-state index is 12.9. The molecule has 0 spiro atoms. The number of benzene rings is 2. The summed E-state index contributed by atoms with van der Waals surface area (Å²) in [4.78, 5) is 23.5. The molecule has 1 amide bonds. The van der Waals surface area contributed by atoms with Crippen LogP contribution in [0.5, 0.6) is 0 Å². The van der Waals surface area contributed by atoms with Crippen LogP contribution in [0.4, 0.5) is 13.2 Å². The van der Waals surface area contributed by atoms with Gasteiger partial charge in [0.05, 0.1) is 17.2 Å². The van der Waals surface area contributed by atoms with E-state index >= 15 is 0 Å². The highest BCUT2D eigenvalue weighted by Crippen LogP contribution is 2.32. The molecule has 3 aromatic rings. The van der Waals surface area contributed by atoms with Crippen molar-refractivity contribution < 1.29 is 32.3 Å². The molecule has 3 rings (SSSR count). The van der Waals surface area contributed by atoms with Crippen molar-refractivity contribution in [3.63, 3.8) is 0 Å². The lowest BCUT2D eigenvalue weighted by Crippen LogP contribution is -2.35. The fraction of sp³-hybridized carbons (Fsp3) is 0.0476. The van der Waals surface area contributed by atoms with E-state index in [4.69, 9.17) is 4.42 Å². The summed E-state index contributed by atoms with van der Waals surface area (Å²) < 4.78 is 44.0. The van der Waals surface area contributed by atoms with Crippen molar-refractivity contribution in [1.29, 1.82) is 0 Å². The Hall–Kier alpha value is -3.81. The molecular formula is C21H13F3NO4-. The lowest BCUT2D eigenvalue weighted by molar-refractivity contribution is -0.299. The summed E-state index contributed by atoms with van der Waals surface area (Å²) in [5.41, 5.74) is -0.982. The standard InChI is InChI=1S/C21H14F3NO4/c22-21(23,24)15-8-4-7-14(11-15)18-10-9-16(29-18)12-17(20(27)28)25-19(26)13-5-2-1-3-6-13/h1-12H,(H,25,26)(H,27,28)/p-1/b17-12+. The van der Waals surface area contributed by atoms with Gasteiger partial charge in [-0.1, -0.05) is 30.3 Å². The first-order chi connectivity index (χ1) is 13.7. The van der Waals surface area contributed by atoms with Crippen LogP contribution >= 0.6 is 0 Å². The van der Waals surface area contributed by atoms with Crippen LogP contribution in [0, 0.1) is 0 Å². The Morgan fingerprint density at radius 2 is 1.69 bits per heavy atom. The van der Waals surface area contributed by atoms with Crippen molar-refractivity contribution in [1.82, 2.24) is 5.32 Å². The highest BCUT2D eigenvalue weighted by Gasteiger charge is 2.30. The topological polar surface area (TPSA) is 82.4 Å². The molecule has 1 aromatic heterocycles. The van der Waals surface area contributed by atoms with Crippen molar-refractivity contribution in [2.75, 3.05) is 0 Å². The number of carboxylic acids is 1. The third kappa shape index (κ3) is 4.92. The zero-order chi connectivity index (χ0) is 21.0. The normalized spacial score (nSPS) is 11.9. The minimum absolute atomic E-state index is 0.0185. The highest BCUT2D eigenvalue weighted by molar-refractivity contribution is 6.02. The van der Waals surface area contributed by atoms with Gasteiger partial charge in [0.15, 0.2) is 0 Å². The third-order valence-corrected chi connectivity index (χ3v) is 3.89. The molecular weight excluding hydrogens is 387 g/mol. The summed E-state index contributed by atoms with van der Waals surface area (Å²) in [7, 11) is 0. The van der Waals surface area contributed by atoms with Gasteiger partial charge < -0.3 is 19.6 Å². The summed E-state index contributed by atoms with van der Waals surface area (Å²) in [6, 6.07) is 15.2. The van der Waals surface area contributed by atoms with Crippen LogP contribution in [-0.2, 0) is 11.0 Å². The minimum Gasteiger partial charge on any atom is -0.543 e. The van der Waals surface area contributed by atoms with E-state index in [-0.39, 0.29) is 22.6 Å². The first-order valence-corrected chi connectivity index (χ1v) is 8.31. The van der Waals surface area contributed by atoms with Gasteiger partial charge in [0.25, 0.3) is 5.91 Å². The van der Waals surface area contributed by atoms with Crippen molar-refractivity contribution in [2.24, 2.45) is 0 Å². The Bertz CT molecular complexity index is 1070. The van der Waals surface area contributed by atoms with Crippen LogP contribution in [0.3, 0.4) is 0 Å². The average Bonchev–Trinajstić information content (AvgIpc) is 3.16. The third-order valence-electron chi connectivity index (χ3n) is 3.89. The number of halogens is 3. The number of furan rings is 1. The monoisotopic (exact) mass is 400 g/mol. The lowest BCUT2D eigenvalue weighted by Gasteiger charge is -2.10. The van der Waals surface area contributed by atoms with Crippen LogP contribution < -0.4 is 10.4 Å². The smallest absolute Gasteiger partial charge is 0.416 e. The Labute approximate surface area is 163 Å². The second-order valence-corrected chi connectivity index (χ2v) is 5.95. The molecule has 0 aliphatic heterocycles. The lowest BCUT2D eigenvalue weighted by atomic mass is 10.1. The predicted molar refractivity (Wildman–Crippen MR) is 96.0 cm³/mol. The number of hydrogen-bond acceptors (Lipinski definition) is 4. The second-order valence-electron chi connectivity index (χ2n) is 5.95. The van der Waals surface area contributed by atoms with E-state index in [9.17, 15) is 27.9 Å². The zero-order valence-electron chi connectivity index (χ0n) is 14.7. The summed E-state index contributed by atoms with van der Waals surface area (Å²) in [5, 5.41) is 13.6. The summed E-state index contributed by atoms with van der Waals surface area (Å²) >= 11 is 0. The number of rotatable bonds is 5. The first kappa shape index (κ1) is 19.9. The molecule has 148 valence electrons. The van der Waals surface area contributed by atoms with Crippen molar-refractivity contribution >= 4 is 18.0 Å². The number of alkyl halides is 3.